The molecule has 8 rings (SSSR count). The number of benzene rings is 4. The first-order valence-electron chi connectivity index (χ1n) is 21.1. The molecule has 0 N–H and O–H groups in total. The van der Waals surface area contributed by atoms with Gasteiger partial charge in [0.2, 0.25) is 40.1 Å². The minimum absolute atomic E-state index is 0. The van der Waals surface area contributed by atoms with Gasteiger partial charge in [-0.3, -0.25) is 0 Å². The number of methoxy groups -OCH3 is 4. The van der Waals surface area contributed by atoms with Crippen LogP contribution in [-0.2, 0) is 79.0 Å². The number of rotatable bonds is 12. The smallest absolute Gasteiger partial charge is 0.497 e. The second-order valence-electron chi connectivity index (χ2n) is 14.6. The van der Waals surface area contributed by atoms with E-state index in [4.69, 9.17) is 18.9 Å². The Hall–Kier alpha value is -4.99. The van der Waals surface area contributed by atoms with E-state index >= 15 is 0 Å². The zero-order valence-electron chi connectivity index (χ0n) is 38.5. The summed E-state index contributed by atoms with van der Waals surface area (Å²) in [5, 5.41) is 16.1. The maximum absolute atomic E-state index is 11.9. The molecule has 4 aromatic rings. The predicted octanol–water partition coefficient (Wildman–Crippen LogP) is 7.79. The Morgan fingerprint density at radius 2 is 0.500 bits per heavy atom. The molecule has 4 saturated heterocycles. The molecule has 4 aliphatic rings. The van der Waals surface area contributed by atoms with Crippen LogP contribution in [-0.4, -0.2) is 112 Å². The quantitative estimate of drug-likeness (QED) is 0.123. The maximum atomic E-state index is 11.9. The van der Waals surface area contributed by atoms with Gasteiger partial charge in [0.15, 0.2) is 0 Å². The van der Waals surface area contributed by atoms with Gasteiger partial charge >= 0.3 is 39.0 Å². The van der Waals surface area contributed by atoms with Crippen LogP contribution >= 0.6 is 0 Å². The molecule has 0 atom stereocenters. The van der Waals surface area contributed by atoms with Gasteiger partial charge in [-0.05, 0) is 123 Å². The summed E-state index contributed by atoms with van der Waals surface area (Å²) in [6, 6.07) is 24.6. The maximum Gasteiger partial charge on any atom is 2.00 e. The van der Waals surface area contributed by atoms with E-state index < -0.39 is 40.1 Å². The third-order valence-corrected chi connectivity index (χ3v) is 15.0. The fourth-order valence-electron chi connectivity index (χ4n) is 6.15. The van der Waals surface area contributed by atoms with Crippen molar-refractivity contribution in [3.8, 4) is 23.0 Å². The van der Waals surface area contributed by atoms with Crippen LogP contribution in [0.2, 0.25) is 0 Å². The van der Waals surface area contributed by atoms with Crippen molar-refractivity contribution < 1.29 is 91.6 Å². The fraction of sp³-hybridized carbons (Fsp3) is 0.364. The number of nitrogens with zero attached hydrogens (tertiary/aromatic N) is 8. The van der Waals surface area contributed by atoms with Gasteiger partial charge in [0.05, 0.1) is 48.0 Å². The molecule has 4 heterocycles. The van der Waals surface area contributed by atoms with Crippen LogP contribution in [0, 0.1) is 0 Å². The molecule has 0 aromatic heterocycles. The van der Waals surface area contributed by atoms with Crippen molar-refractivity contribution in [2.24, 2.45) is 17.6 Å². The first kappa shape index (κ1) is 59.3. The average molecular weight is 1220 g/mol. The first-order valence-corrected chi connectivity index (χ1v) is 26.8. The van der Waals surface area contributed by atoms with Gasteiger partial charge in [-0.2, -0.15) is 0 Å². The molecule has 0 bridgehead atoms. The number of sulfonamides is 4. The molecular weight excluding hydrogens is 1170 g/mol. The van der Waals surface area contributed by atoms with Crippen molar-refractivity contribution in [2.45, 2.75) is 70.9 Å². The van der Waals surface area contributed by atoms with Gasteiger partial charge in [-0.15, -0.1) is 0 Å². The third kappa shape index (κ3) is 18.3. The summed E-state index contributed by atoms with van der Waals surface area (Å²) in [4.78, 5) is 0.640. The molecule has 382 valence electrons. The number of hydrogen-bond donors (Lipinski definition) is 0. The molecule has 70 heavy (non-hydrogen) atoms. The van der Waals surface area contributed by atoms with Gasteiger partial charge in [0, 0.05) is 0 Å². The van der Waals surface area contributed by atoms with Gasteiger partial charge in [-0.25, -0.2) is 33.7 Å². The van der Waals surface area contributed by atoms with Crippen LogP contribution in [0.3, 0.4) is 0 Å². The molecule has 20 nitrogen and oxygen atoms in total. The number of ether oxygens (including phenoxy) is 4. The summed E-state index contributed by atoms with van der Waals surface area (Å²) in [7, 11) is -8.40. The van der Waals surface area contributed by atoms with Crippen LogP contribution in [0.1, 0.15) is 51.4 Å². The van der Waals surface area contributed by atoms with E-state index in [1.54, 1.807) is 48.5 Å². The second-order valence-corrected chi connectivity index (χ2v) is 21.0. The van der Waals surface area contributed by atoms with Crippen LogP contribution in [0.15, 0.2) is 134 Å². The molecule has 26 heteroatoms. The zero-order valence-corrected chi connectivity index (χ0v) is 45.0. The standard InChI is InChI=1S/4C11H13N2O3S.2Rh/c4*1-16-9-4-6-10(7-5-9)17(14,15)13-11-3-2-8-12-11;;/h4*4-7H,2-3,8H2,1H3;;/q4*-1;2*+2. The van der Waals surface area contributed by atoms with Crippen LogP contribution in [0.25, 0.3) is 21.3 Å². The van der Waals surface area contributed by atoms with E-state index in [1.807, 2.05) is 0 Å². The normalized spacial score (nSPS) is 17.5. The van der Waals surface area contributed by atoms with Crippen molar-refractivity contribution in [2.75, 3.05) is 54.6 Å². The largest absolute Gasteiger partial charge is 2.00 e. The van der Waals surface area contributed by atoms with Crippen molar-refractivity contribution >= 4 is 63.4 Å². The predicted molar refractivity (Wildman–Crippen MR) is 260 cm³/mol. The van der Waals surface area contributed by atoms with E-state index in [2.05, 4.69) is 38.9 Å². The fourth-order valence-corrected chi connectivity index (χ4v) is 10.2. The average Bonchev–Trinajstić information content (AvgIpc) is 4.21. The Kier molecular flexibility index (Phi) is 23.9. The van der Waals surface area contributed by atoms with Crippen LogP contribution in [0.5, 0.6) is 23.0 Å². The summed E-state index contributed by atoms with van der Waals surface area (Å²) in [5.74, 6) is 4.12. The summed E-state index contributed by atoms with van der Waals surface area (Å²) >= 11 is 0. The second kappa shape index (κ2) is 28.2. The van der Waals surface area contributed by atoms with Crippen molar-refractivity contribution in [1.82, 2.24) is 0 Å². The molecule has 0 saturated carbocycles. The third-order valence-electron chi connectivity index (χ3n) is 9.74. The molecule has 2 radical (unpaired) electrons. The van der Waals surface area contributed by atoms with E-state index in [9.17, 15) is 33.7 Å². The number of hydrogen-bond acceptors (Lipinski definition) is 12. The molecule has 4 aliphatic heterocycles. The Balaban J connectivity index is 0.000000245. The molecule has 0 spiro atoms. The monoisotopic (exact) mass is 1220 g/mol. The zero-order chi connectivity index (χ0) is 49.2. The van der Waals surface area contributed by atoms with Gasteiger partial charge in [0.25, 0.3) is 0 Å². The number of amidine groups is 4. The van der Waals surface area contributed by atoms with Crippen molar-refractivity contribution in [3.05, 3.63) is 118 Å². The minimum Gasteiger partial charge on any atom is -0.497 e. The van der Waals surface area contributed by atoms with E-state index in [-0.39, 0.29) is 58.5 Å². The molecule has 0 amide bonds. The summed E-state index contributed by atoms with van der Waals surface area (Å²) in [6.07, 6.45) is 6.03. The van der Waals surface area contributed by atoms with E-state index in [0.717, 1.165) is 25.7 Å². The molecule has 4 aromatic carbocycles. The van der Waals surface area contributed by atoms with Crippen molar-refractivity contribution in [1.29, 1.82) is 0 Å². The van der Waals surface area contributed by atoms with Gasteiger partial charge < -0.3 is 57.8 Å². The molecule has 4 fully saturated rings. The SMILES string of the molecule is COc1ccc(S(=O)(=O)/N=C2\CCC[N-]2)cc1.COc1ccc(S(=O)(=O)/N=C2\CCC[N-]2)cc1.COc1ccc(S(=O)(=O)/N=C2\CCC[N-]2)cc1.COc1ccc(S(=O)(=O)/N=C2\CCC[N-]2)cc1.[Rh+2].[Rh+2]. The minimum atomic E-state index is -3.63. The Labute approximate surface area is 436 Å². The topological polar surface area (TPSA) is 279 Å². The van der Waals surface area contributed by atoms with Crippen molar-refractivity contribution in [3.63, 3.8) is 0 Å². The summed E-state index contributed by atoms with van der Waals surface area (Å²) in [5.41, 5.74) is 0. The summed E-state index contributed by atoms with van der Waals surface area (Å²) in [6.45, 7) is 2.65. The molecule has 0 aliphatic carbocycles. The Morgan fingerprint density at radius 3 is 0.629 bits per heavy atom. The molecular formula is C44H52N8O12Rh2S4. The van der Waals surface area contributed by atoms with Gasteiger partial charge in [0.1, 0.15) is 23.0 Å². The van der Waals surface area contributed by atoms with Crippen LogP contribution in [0.4, 0.5) is 0 Å². The Bertz CT molecular complexity index is 2460. The first-order chi connectivity index (χ1) is 32.5. The van der Waals surface area contributed by atoms with E-state index in [0.29, 0.717) is 98.2 Å². The summed E-state index contributed by atoms with van der Waals surface area (Å²) < 4.78 is 130. The van der Waals surface area contributed by atoms with Crippen LogP contribution < -0.4 is 18.9 Å². The van der Waals surface area contributed by atoms with Gasteiger partial charge in [-0.1, -0.05) is 75.2 Å². The molecule has 0 unspecified atom stereocenters. The van der Waals surface area contributed by atoms with E-state index in [1.165, 1.54) is 77.0 Å². The Morgan fingerprint density at radius 1 is 0.329 bits per heavy atom.